The van der Waals surface area contributed by atoms with Gasteiger partial charge in [0.1, 0.15) is 6.54 Å². The fourth-order valence-corrected chi connectivity index (χ4v) is 3.62. The molecule has 0 spiro atoms. The third kappa shape index (κ3) is 6.70. The summed E-state index contributed by atoms with van der Waals surface area (Å²) in [4.78, 5) is 25.5. The summed E-state index contributed by atoms with van der Waals surface area (Å²) >= 11 is 5.82. The average Bonchev–Trinajstić information content (AvgIpc) is 3.11. The number of nitrogens with one attached hydrogen (secondary N) is 1. The zero-order valence-electron chi connectivity index (χ0n) is 18.7. The summed E-state index contributed by atoms with van der Waals surface area (Å²) in [7, 11) is 0. The van der Waals surface area contributed by atoms with Crippen molar-refractivity contribution in [1.82, 2.24) is 19.7 Å². The van der Waals surface area contributed by atoms with Crippen LogP contribution in [0.4, 0.5) is 26.3 Å². The maximum Gasteiger partial charge on any atom is 0.416 e. The Morgan fingerprint density at radius 1 is 1.08 bits per heavy atom. The molecule has 8 nitrogen and oxygen atoms in total. The highest BCUT2D eigenvalue weighted by atomic mass is 35.5. The second kappa shape index (κ2) is 10.9. The van der Waals surface area contributed by atoms with Crippen molar-refractivity contribution in [1.29, 1.82) is 0 Å². The van der Waals surface area contributed by atoms with E-state index in [0.29, 0.717) is 14.3 Å². The number of hydrogen-bond donors (Lipinski definition) is 3. The van der Waals surface area contributed by atoms with Gasteiger partial charge in [-0.1, -0.05) is 29.8 Å². The molecule has 1 heterocycles. The van der Waals surface area contributed by atoms with Crippen LogP contribution in [-0.4, -0.2) is 44.2 Å². The Morgan fingerprint density at radius 2 is 1.70 bits per heavy atom. The van der Waals surface area contributed by atoms with Crippen LogP contribution >= 0.6 is 11.6 Å². The molecule has 0 saturated heterocycles. The van der Waals surface area contributed by atoms with Crippen molar-refractivity contribution in [2.45, 2.75) is 37.6 Å². The third-order valence-corrected chi connectivity index (χ3v) is 5.52. The van der Waals surface area contributed by atoms with E-state index in [4.69, 9.17) is 17.3 Å². The lowest BCUT2D eigenvalue weighted by Crippen LogP contribution is -2.40. The van der Waals surface area contributed by atoms with Gasteiger partial charge in [0.25, 0.3) is 0 Å². The molecular formula is C22H20ClF6N5O3. The number of alkyl halides is 6. The summed E-state index contributed by atoms with van der Waals surface area (Å²) < 4.78 is 80.1. The molecule has 15 heteroatoms. The highest BCUT2D eigenvalue weighted by molar-refractivity contribution is 6.30. The first-order valence-electron chi connectivity index (χ1n) is 10.6. The Labute approximate surface area is 210 Å². The summed E-state index contributed by atoms with van der Waals surface area (Å²) in [6.07, 6.45) is -12.7. The van der Waals surface area contributed by atoms with Crippen molar-refractivity contribution in [2.24, 2.45) is 5.73 Å². The number of aliphatic hydroxyl groups is 1. The topological polar surface area (TPSA) is 115 Å². The third-order valence-electron chi connectivity index (χ3n) is 5.26. The fraction of sp³-hybridized carbons (Fsp3) is 0.318. The number of aromatic nitrogens is 3. The molecule has 0 aliphatic heterocycles. The second-order valence-electron chi connectivity index (χ2n) is 7.88. The van der Waals surface area contributed by atoms with Crippen LogP contribution in [0.2, 0.25) is 5.02 Å². The largest absolute Gasteiger partial charge is 0.416 e. The van der Waals surface area contributed by atoms with E-state index in [9.17, 15) is 41.0 Å². The molecule has 2 aromatic carbocycles. The van der Waals surface area contributed by atoms with E-state index in [0.717, 1.165) is 12.1 Å². The minimum absolute atomic E-state index is 0.161. The van der Waals surface area contributed by atoms with Crippen LogP contribution in [-0.2, 0) is 24.1 Å². The van der Waals surface area contributed by atoms with E-state index >= 15 is 0 Å². The minimum atomic E-state index is -5.05. The van der Waals surface area contributed by atoms with E-state index < -0.39 is 61.3 Å². The van der Waals surface area contributed by atoms with Crippen LogP contribution in [0.1, 0.15) is 17.2 Å². The normalized spacial score (nSPS) is 13.9. The van der Waals surface area contributed by atoms with Crippen molar-refractivity contribution in [3.63, 3.8) is 0 Å². The van der Waals surface area contributed by atoms with Crippen LogP contribution in [0.3, 0.4) is 0 Å². The highest BCUT2D eigenvalue weighted by Gasteiger charge is 2.39. The van der Waals surface area contributed by atoms with Gasteiger partial charge in [-0.3, -0.25) is 9.36 Å². The Kier molecular flexibility index (Phi) is 8.35. The molecule has 0 aliphatic rings. The van der Waals surface area contributed by atoms with Gasteiger partial charge in [0.2, 0.25) is 5.91 Å². The van der Waals surface area contributed by atoms with Crippen molar-refractivity contribution in [2.75, 3.05) is 6.54 Å². The first-order valence-corrected chi connectivity index (χ1v) is 10.9. The Bertz CT molecular complexity index is 1300. The van der Waals surface area contributed by atoms with E-state index in [1.54, 1.807) is 0 Å². The molecule has 0 radical (unpaired) electrons. The number of carbonyl (C=O) groups is 1. The van der Waals surface area contributed by atoms with E-state index in [1.807, 2.05) is 0 Å². The molecule has 2 atom stereocenters. The van der Waals surface area contributed by atoms with E-state index in [2.05, 4.69) is 10.4 Å². The van der Waals surface area contributed by atoms with Gasteiger partial charge in [-0.2, -0.15) is 26.3 Å². The molecule has 1 aromatic heterocycles. The maximum absolute atomic E-state index is 13.4. The zero-order valence-corrected chi connectivity index (χ0v) is 19.5. The molecule has 1 amide bonds. The van der Waals surface area contributed by atoms with Crippen LogP contribution in [0, 0.1) is 0 Å². The monoisotopic (exact) mass is 551 g/mol. The van der Waals surface area contributed by atoms with Gasteiger partial charge >= 0.3 is 18.0 Å². The molecule has 3 aromatic rings. The number of aliphatic hydroxyl groups excluding tert-OH is 1. The molecule has 0 saturated carbocycles. The lowest BCUT2D eigenvalue weighted by Gasteiger charge is -2.21. The number of rotatable bonds is 8. The van der Waals surface area contributed by atoms with Gasteiger partial charge in [0.05, 0.1) is 18.2 Å². The quantitative estimate of drug-likeness (QED) is 0.372. The molecule has 37 heavy (non-hydrogen) atoms. The Hall–Kier alpha value is -3.36. The number of nitrogens with zero attached hydrogens (tertiary/aromatic N) is 3. The second-order valence-corrected chi connectivity index (χ2v) is 8.32. The predicted molar refractivity (Wildman–Crippen MR) is 120 cm³/mol. The summed E-state index contributed by atoms with van der Waals surface area (Å²) in [5.41, 5.74) is 3.26. The van der Waals surface area contributed by atoms with Crippen LogP contribution in [0.5, 0.6) is 0 Å². The molecule has 200 valence electrons. The first kappa shape index (κ1) is 28.2. The number of nitrogens with two attached hydrogens (primary N) is 1. The number of carbonyl (C=O) groups excluding carboxylic acids is 1. The van der Waals surface area contributed by atoms with Gasteiger partial charge < -0.3 is 16.2 Å². The molecule has 3 rings (SSSR count). The summed E-state index contributed by atoms with van der Waals surface area (Å²) in [5.74, 6) is -1.27. The summed E-state index contributed by atoms with van der Waals surface area (Å²) in [6.45, 7) is -2.48. The first-order chi connectivity index (χ1) is 17.2. The standard InChI is InChI=1S/C22H20ClF6N5O3/c23-13-7-5-12(6-8-13)19-32-34(20(37)33(19)10-17(35)22(27,28)29)11-18(36)31-16(9-30)14-3-1-2-4-15(14)21(24,25)26/h1-8,16-17,35H,9-11,30H2,(H,31,36). The van der Waals surface area contributed by atoms with Crippen LogP contribution in [0.25, 0.3) is 11.4 Å². The summed E-state index contributed by atoms with van der Waals surface area (Å²) in [6, 6.07) is 8.68. The predicted octanol–water partition coefficient (Wildman–Crippen LogP) is 3.12. The van der Waals surface area contributed by atoms with E-state index in [1.165, 1.54) is 36.4 Å². The molecule has 2 unspecified atom stereocenters. The highest BCUT2D eigenvalue weighted by Crippen LogP contribution is 2.34. The molecule has 0 aliphatic carbocycles. The lowest BCUT2D eigenvalue weighted by molar-refractivity contribution is -0.207. The molecule has 4 N–H and O–H groups in total. The molecule has 0 bridgehead atoms. The van der Waals surface area contributed by atoms with Crippen molar-refractivity contribution in [3.05, 3.63) is 75.2 Å². The Morgan fingerprint density at radius 3 is 2.27 bits per heavy atom. The van der Waals surface area contributed by atoms with Gasteiger partial charge in [0, 0.05) is 17.1 Å². The number of amides is 1. The van der Waals surface area contributed by atoms with Gasteiger partial charge in [-0.05, 0) is 35.9 Å². The van der Waals surface area contributed by atoms with Crippen LogP contribution < -0.4 is 16.7 Å². The lowest BCUT2D eigenvalue weighted by atomic mass is 10.00. The van der Waals surface area contributed by atoms with Crippen molar-refractivity contribution < 1.29 is 36.2 Å². The zero-order chi connectivity index (χ0) is 27.5. The van der Waals surface area contributed by atoms with Crippen LogP contribution in [0.15, 0.2) is 53.3 Å². The number of hydrogen-bond acceptors (Lipinski definition) is 5. The van der Waals surface area contributed by atoms with E-state index in [-0.39, 0.29) is 17.0 Å². The van der Waals surface area contributed by atoms with Crippen molar-refractivity contribution in [3.8, 4) is 11.4 Å². The number of benzene rings is 2. The van der Waals surface area contributed by atoms with Crippen molar-refractivity contribution >= 4 is 17.5 Å². The smallest absolute Gasteiger partial charge is 0.382 e. The van der Waals surface area contributed by atoms with Gasteiger partial charge in [0.15, 0.2) is 11.9 Å². The average molecular weight is 552 g/mol. The maximum atomic E-state index is 13.4. The SMILES string of the molecule is NCC(NC(=O)Cn1nc(-c2ccc(Cl)cc2)n(CC(O)C(F)(F)F)c1=O)c1ccccc1C(F)(F)F. The fourth-order valence-electron chi connectivity index (χ4n) is 3.50. The minimum Gasteiger partial charge on any atom is -0.382 e. The van der Waals surface area contributed by atoms with Gasteiger partial charge in [-0.15, -0.1) is 5.10 Å². The number of halogens is 7. The Balaban J connectivity index is 1.93. The molecular weight excluding hydrogens is 532 g/mol. The molecule has 0 fully saturated rings. The van der Waals surface area contributed by atoms with Gasteiger partial charge in [-0.25, -0.2) is 9.48 Å². The summed E-state index contributed by atoms with van der Waals surface area (Å²) in [5, 5.41) is 16.0.